The molecule has 0 unspecified atom stereocenters. The molecule has 196 valence electrons. The van der Waals surface area contributed by atoms with E-state index >= 15 is 0 Å². The molecule has 2 aromatic heterocycles. The number of hydrogen-bond acceptors (Lipinski definition) is 7. The minimum Gasteiger partial charge on any atom is -0.471 e. The lowest BCUT2D eigenvalue weighted by molar-refractivity contribution is 0.0944. The van der Waals surface area contributed by atoms with Crippen LogP contribution in [0.25, 0.3) is 5.82 Å². The Kier molecular flexibility index (Phi) is 7.70. The van der Waals surface area contributed by atoms with Crippen molar-refractivity contribution >= 4 is 62.1 Å². The van der Waals surface area contributed by atoms with E-state index in [1.54, 1.807) is 13.0 Å². The number of nitrogens with zero attached hydrogens (tertiary/aromatic N) is 3. The van der Waals surface area contributed by atoms with Crippen molar-refractivity contribution in [2.45, 2.75) is 32.9 Å². The molecule has 1 saturated heterocycles. The van der Waals surface area contributed by atoms with E-state index in [0.717, 1.165) is 4.68 Å². The third-order valence-corrected chi connectivity index (χ3v) is 7.74. The zero-order valence-electron chi connectivity index (χ0n) is 19.9. The normalized spacial score (nSPS) is 14.8. The fraction of sp³-hybridized carbons (Fsp3) is 0.304. The molecule has 37 heavy (non-hydrogen) atoms. The molecule has 1 fully saturated rings. The van der Waals surface area contributed by atoms with Crippen LogP contribution in [-0.2, 0) is 9.84 Å². The van der Waals surface area contributed by atoms with Crippen molar-refractivity contribution < 1.29 is 22.7 Å². The lowest BCUT2D eigenvalue weighted by Gasteiger charge is -2.25. The zero-order chi connectivity index (χ0) is 27.1. The first-order valence-corrected chi connectivity index (χ1v) is 14.0. The van der Waals surface area contributed by atoms with Crippen molar-refractivity contribution in [1.82, 2.24) is 20.1 Å². The maximum absolute atomic E-state index is 13.5. The minimum atomic E-state index is -3.14. The van der Waals surface area contributed by atoms with E-state index in [9.17, 15) is 18.0 Å². The quantitative estimate of drug-likeness (QED) is 0.426. The molecule has 0 radical (unpaired) electrons. The number of carbonyl (C=O) groups is 2. The van der Waals surface area contributed by atoms with Gasteiger partial charge in [0.1, 0.15) is 11.8 Å². The Balaban J connectivity index is 1.73. The van der Waals surface area contributed by atoms with E-state index in [4.69, 9.17) is 39.5 Å². The van der Waals surface area contributed by atoms with Gasteiger partial charge < -0.3 is 15.4 Å². The Morgan fingerprint density at radius 1 is 1.08 bits per heavy atom. The van der Waals surface area contributed by atoms with Gasteiger partial charge >= 0.3 is 0 Å². The Morgan fingerprint density at radius 3 is 2.41 bits per heavy atom. The van der Waals surface area contributed by atoms with Crippen LogP contribution in [0.1, 0.15) is 40.3 Å². The van der Waals surface area contributed by atoms with Gasteiger partial charge in [0.05, 0.1) is 32.8 Å². The molecule has 1 aliphatic heterocycles. The van der Waals surface area contributed by atoms with Crippen LogP contribution < -0.4 is 15.4 Å². The van der Waals surface area contributed by atoms with Crippen molar-refractivity contribution in [1.29, 1.82) is 0 Å². The lowest BCUT2D eigenvalue weighted by atomic mass is 10.1. The van der Waals surface area contributed by atoms with Crippen LogP contribution in [0.2, 0.25) is 15.1 Å². The first kappa shape index (κ1) is 27.2. The fourth-order valence-corrected chi connectivity index (χ4v) is 5.57. The summed E-state index contributed by atoms with van der Waals surface area (Å²) in [5.41, 5.74) is 0.957. The monoisotopic (exact) mass is 585 g/mol. The van der Waals surface area contributed by atoms with Crippen molar-refractivity contribution in [3.63, 3.8) is 0 Å². The van der Waals surface area contributed by atoms with Crippen LogP contribution in [0, 0.1) is 6.92 Å². The van der Waals surface area contributed by atoms with E-state index in [1.165, 1.54) is 24.4 Å². The molecule has 14 heteroatoms. The van der Waals surface area contributed by atoms with E-state index in [0.29, 0.717) is 10.6 Å². The number of carbonyl (C=O) groups excluding carboxylic acids is 2. The predicted octanol–water partition coefficient (Wildman–Crippen LogP) is 4.10. The molecule has 2 N–H and O–H groups in total. The van der Waals surface area contributed by atoms with E-state index in [1.807, 2.05) is 13.8 Å². The first-order valence-electron chi connectivity index (χ1n) is 11.0. The Morgan fingerprint density at radius 2 is 1.78 bits per heavy atom. The summed E-state index contributed by atoms with van der Waals surface area (Å²) in [7, 11) is -3.14. The highest BCUT2D eigenvalue weighted by Crippen LogP contribution is 2.29. The number of aryl methyl sites for hydroxylation is 1. The topological polar surface area (TPSA) is 132 Å². The highest BCUT2D eigenvalue weighted by molar-refractivity contribution is 7.92. The molecular weight excluding hydrogens is 565 g/mol. The summed E-state index contributed by atoms with van der Waals surface area (Å²) in [5, 5.41) is 10.6. The summed E-state index contributed by atoms with van der Waals surface area (Å²) in [6, 6.07) is 5.70. The van der Waals surface area contributed by atoms with Crippen LogP contribution in [0.5, 0.6) is 5.88 Å². The maximum Gasteiger partial charge on any atom is 0.274 e. The Labute approximate surface area is 228 Å². The molecule has 0 atom stereocenters. The van der Waals surface area contributed by atoms with Gasteiger partial charge in [-0.1, -0.05) is 34.8 Å². The molecule has 1 aromatic carbocycles. The first-order chi connectivity index (χ1) is 17.3. The van der Waals surface area contributed by atoms with Gasteiger partial charge in [0.15, 0.2) is 15.7 Å². The summed E-state index contributed by atoms with van der Waals surface area (Å²) < 4.78 is 29.9. The van der Waals surface area contributed by atoms with Crippen LogP contribution >= 0.6 is 34.8 Å². The molecule has 1 aliphatic rings. The summed E-state index contributed by atoms with van der Waals surface area (Å²) in [6.45, 7) is 5.32. The number of benzene rings is 1. The molecule has 2 amide bonds. The molecule has 0 aliphatic carbocycles. The molecule has 0 saturated carbocycles. The van der Waals surface area contributed by atoms with Crippen molar-refractivity contribution in [2.24, 2.45) is 0 Å². The van der Waals surface area contributed by atoms with E-state index in [2.05, 4.69) is 20.7 Å². The molecule has 3 heterocycles. The smallest absolute Gasteiger partial charge is 0.274 e. The largest absolute Gasteiger partial charge is 0.471 e. The lowest BCUT2D eigenvalue weighted by Crippen LogP contribution is -2.45. The summed E-state index contributed by atoms with van der Waals surface area (Å²) in [5.74, 6) is -1.27. The number of anilines is 1. The van der Waals surface area contributed by atoms with Gasteiger partial charge in [0.2, 0.25) is 5.88 Å². The molecule has 0 spiro atoms. The van der Waals surface area contributed by atoms with Crippen molar-refractivity contribution in [2.75, 3.05) is 16.8 Å². The second-order valence-electron chi connectivity index (χ2n) is 8.78. The van der Waals surface area contributed by atoms with Crippen LogP contribution in [0.3, 0.4) is 0 Å². The molecule has 3 aromatic rings. The third kappa shape index (κ3) is 6.18. The second-order valence-corrected chi connectivity index (χ2v) is 12.2. The van der Waals surface area contributed by atoms with E-state index < -0.39 is 27.8 Å². The molecule has 10 nitrogen and oxygen atoms in total. The average molecular weight is 587 g/mol. The Hall–Kier alpha value is -2.86. The number of amides is 2. The van der Waals surface area contributed by atoms with Gasteiger partial charge in [-0.15, -0.1) is 5.10 Å². The van der Waals surface area contributed by atoms with Crippen molar-refractivity contribution in [3.05, 3.63) is 62.4 Å². The minimum absolute atomic E-state index is 0.00321. The van der Waals surface area contributed by atoms with Gasteiger partial charge in [-0.25, -0.2) is 18.1 Å². The van der Waals surface area contributed by atoms with Crippen LogP contribution in [-0.4, -0.2) is 58.6 Å². The number of rotatable bonds is 7. The average Bonchev–Trinajstić information content (AvgIpc) is 3.17. The molecule has 4 rings (SSSR count). The maximum atomic E-state index is 13.5. The third-order valence-electron chi connectivity index (χ3n) is 5.28. The van der Waals surface area contributed by atoms with Gasteiger partial charge in [0, 0.05) is 23.3 Å². The molecular formula is C23H22Cl3N5O5S. The van der Waals surface area contributed by atoms with Crippen LogP contribution in [0.15, 0.2) is 30.5 Å². The number of hydrogen-bond donors (Lipinski definition) is 2. The van der Waals surface area contributed by atoms with Gasteiger partial charge in [-0.05, 0) is 44.5 Å². The van der Waals surface area contributed by atoms with Crippen molar-refractivity contribution in [3.8, 4) is 11.7 Å². The second kappa shape index (κ2) is 10.5. The number of pyridine rings is 1. The standard InChI is InChI=1S/C23H22Cl3N5O5S/c1-11(2)28-22(32)16-5-13(24)4-12(3)20(16)29-23(33)18-7-19(36-15-9-37(34,35)10-15)30-31(18)21-17(26)6-14(25)8-27-21/h4-8,11,15H,9-10H2,1-3H3,(H,28,32)(H,29,33). The number of aromatic nitrogens is 3. The summed E-state index contributed by atoms with van der Waals surface area (Å²) in [4.78, 5) is 30.5. The highest BCUT2D eigenvalue weighted by Gasteiger charge is 2.36. The summed E-state index contributed by atoms with van der Waals surface area (Å²) >= 11 is 18.5. The van der Waals surface area contributed by atoms with E-state index in [-0.39, 0.29) is 56.2 Å². The Bertz CT molecular complexity index is 1490. The zero-order valence-corrected chi connectivity index (χ0v) is 23.0. The van der Waals surface area contributed by atoms with Gasteiger partial charge in [-0.3, -0.25) is 9.59 Å². The van der Waals surface area contributed by atoms with Gasteiger partial charge in [0.25, 0.3) is 11.8 Å². The van der Waals surface area contributed by atoms with Crippen LogP contribution in [0.4, 0.5) is 5.69 Å². The van der Waals surface area contributed by atoms with Gasteiger partial charge in [-0.2, -0.15) is 0 Å². The number of sulfone groups is 1. The highest BCUT2D eigenvalue weighted by atomic mass is 35.5. The summed E-state index contributed by atoms with van der Waals surface area (Å²) in [6.07, 6.45) is 0.742. The number of ether oxygens (including phenoxy) is 1. The number of halogens is 3. The molecule has 0 bridgehead atoms. The predicted molar refractivity (Wildman–Crippen MR) is 141 cm³/mol. The SMILES string of the molecule is Cc1cc(Cl)cc(C(=O)NC(C)C)c1NC(=O)c1cc(OC2CS(=O)(=O)C2)nn1-c1ncc(Cl)cc1Cl. The number of nitrogens with one attached hydrogen (secondary N) is 2. The fourth-order valence-electron chi connectivity index (χ4n) is 3.67.